The molecule has 1 saturated heterocycles. The Morgan fingerprint density at radius 3 is 2.63 bits per heavy atom. The third kappa shape index (κ3) is 5.20. The zero-order chi connectivity index (χ0) is 26.6. The number of halogens is 2. The molecule has 5 rings (SSSR count). The molecule has 3 N–H and O–H groups in total. The molecule has 0 unspecified atom stereocenters. The highest BCUT2D eigenvalue weighted by molar-refractivity contribution is 5.99. The van der Waals surface area contributed by atoms with Gasteiger partial charge in [-0.05, 0) is 30.3 Å². The number of anilines is 4. The van der Waals surface area contributed by atoms with E-state index in [0.29, 0.717) is 55.6 Å². The lowest BCUT2D eigenvalue weighted by atomic mass is 10.2. The van der Waals surface area contributed by atoms with Crippen molar-refractivity contribution < 1.29 is 18.7 Å². The van der Waals surface area contributed by atoms with Crippen molar-refractivity contribution in [3.8, 4) is 11.4 Å². The zero-order valence-corrected chi connectivity index (χ0v) is 20.6. The van der Waals surface area contributed by atoms with Crippen LogP contribution >= 0.6 is 0 Å². The van der Waals surface area contributed by atoms with Crippen LogP contribution in [0.5, 0.6) is 0 Å². The van der Waals surface area contributed by atoms with Gasteiger partial charge < -0.3 is 20.6 Å². The summed E-state index contributed by atoms with van der Waals surface area (Å²) in [6.45, 7) is 6.53. The molecule has 1 aliphatic heterocycles. The fraction of sp³-hybridized carbons (Fsp3) is 0.222. The van der Waals surface area contributed by atoms with E-state index in [4.69, 9.17) is 5.11 Å². The van der Waals surface area contributed by atoms with E-state index in [1.165, 1.54) is 12.1 Å². The van der Waals surface area contributed by atoms with Crippen molar-refractivity contribution in [3.63, 3.8) is 0 Å². The van der Waals surface area contributed by atoms with Crippen LogP contribution < -0.4 is 15.5 Å². The molecule has 196 valence electrons. The number of β-amino-alcohol motifs (C(OH)–C–C–N with tert-alkyl or cyclic N) is 1. The molecule has 38 heavy (non-hydrogen) atoms. The largest absolute Gasteiger partial charge is 0.395 e. The van der Waals surface area contributed by atoms with Gasteiger partial charge in [0.25, 0.3) is 0 Å². The molecule has 3 heterocycles. The fourth-order valence-electron chi connectivity index (χ4n) is 4.48. The summed E-state index contributed by atoms with van der Waals surface area (Å²) in [6, 6.07) is 10.2. The number of rotatable bonds is 8. The summed E-state index contributed by atoms with van der Waals surface area (Å²) in [7, 11) is 0. The number of aliphatic hydroxyl groups is 1. The number of aliphatic hydroxyl groups excluding tert-OH is 1. The molecule has 4 aromatic rings. The van der Waals surface area contributed by atoms with E-state index in [1.807, 2.05) is 11.0 Å². The Hall–Kier alpha value is -4.35. The molecule has 0 bridgehead atoms. The number of nitrogens with zero attached hydrogens (tertiary/aromatic N) is 5. The highest BCUT2D eigenvalue weighted by atomic mass is 19.2. The molecular formula is C27H27F2N7O2. The van der Waals surface area contributed by atoms with Gasteiger partial charge in [0.05, 0.1) is 42.1 Å². The number of hydrogen-bond donors (Lipinski definition) is 3. The van der Waals surface area contributed by atoms with E-state index in [0.717, 1.165) is 5.56 Å². The van der Waals surface area contributed by atoms with Crippen molar-refractivity contribution in [2.45, 2.75) is 0 Å². The summed E-state index contributed by atoms with van der Waals surface area (Å²) in [4.78, 5) is 24.4. The standard InChI is InChI=1S/C27H27F2N7O2/c1-2-24(38)32-19-5-3-4-18(14-19)27-31-16-20-15-30-23(17-36(20)27)33-21-6-7-22(26(29)25(21)28)35-10-8-34(9-11-35)12-13-37/h2-7,14-17,33,37H,1,8-13H2,(H,32,38). The second-order valence-corrected chi connectivity index (χ2v) is 8.86. The predicted molar refractivity (Wildman–Crippen MR) is 143 cm³/mol. The van der Waals surface area contributed by atoms with E-state index < -0.39 is 11.6 Å². The van der Waals surface area contributed by atoms with Gasteiger partial charge in [-0.1, -0.05) is 18.7 Å². The number of benzene rings is 2. The van der Waals surface area contributed by atoms with Crippen molar-refractivity contribution in [2.24, 2.45) is 0 Å². The number of imidazole rings is 1. The average Bonchev–Trinajstić information content (AvgIpc) is 3.36. The van der Waals surface area contributed by atoms with Crippen LogP contribution in [0.4, 0.5) is 31.7 Å². The van der Waals surface area contributed by atoms with E-state index in [1.54, 1.807) is 47.3 Å². The summed E-state index contributed by atoms with van der Waals surface area (Å²) in [6.07, 6.45) is 6.07. The first-order valence-corrected chi connectivity index (χ1v) is 12.2. The Morgan fingerprint density at radius 2 is 1.87 bits per heavy atom. The lowest BCUT2D eigenvalue weighted by molar-refractivity contribution is -0.111. The minimum atomic E-state index is -0.987. The Bertz CT molecular complexity index is 1480. The van der Waals surface area contributed by atoms with Crippen LogP contribution in [-0.4, -0.2) is 69.6 Å². The first-order chi connectivity index (χ1) is 18.5. The fourth-order valence-corrected chi connectivity index (χ4v) is 4.48. The number of carbonyl (C=O) groups is 1. The Morgan fingerprint density at radius 1 is 1.08 bits per heavy atom. The second kappa shape index (κ2) is 11.0. The first kappa shape index (κ1) is 25.3. The van der Waals surface area contributed by atoms with Gasteiger partial charge in [-0.3, -0.25) is 14.1 Å². The zero-order valence-electron chi connectivity index (χ0n) is 20.6. The van der Waals surface area contributed by atoms with Gasteiger partial charge >= 0.3 is 0 Å². The highest BCUT2D eigenvalue weighted by Crippen LogP contribution is 2.30. The van der Waals surface area contributed by atoms with E-state index in [-0.39, 0.29) is 23.9 Å². The molecule has 0 atom stereocenters. The number of hydrogen-bond acceptors (Lipinski definition) is 7. The van der Waals surface area contributed by atoms with Crippen molar-refractivity contribution in [2.75, 3.05) is 54.9 Å². The molecule has 0 aliphatic carbocycles. The molecular weight excluding hydrogens is 492 g/mol. The summed E-state index contributed by atoms with van der Waals surface area (Å²) < 4.78 is 31.9. The maximum absolute atomic E-state index is 15.1. The van der Waals surface area contributed by atoms with Crippen LogP contribution in [0.25, 0.3) is 16.9 Å². The maximum atomic E-state index is 15.1. The SMILES string of the molecule is C=CC(=O)Nc1cccc(-c2ncc3cnc(Nc4ccc(N5CCN(CCO)CC5)c(F)c4F)cn23)c1. The topological polar surface area (TPSA) is 98.0 Å². The van der Waals surface area contributed by atoms with Gasteiger partial charge in [-0.25, -0.2) is 18.7 Å². The van der Waals surface area contributed by atoms with E-state index >= 15 is 8.78 Å². The average molecular weight is 520 g/mol. The minimum absolute atomic E-state index is 0.0344. The number of piperazine rings is 1. The van der Waals surface area contributed by atoms with Crippen LogP contribution in [0, 0.1) is 11.6 Å². The quantitative estimate of drug-likeness (QED) is 0.306. The molecule has 2 aromatic carbocycles. The van der Waals surface area contributed by atoms with Crippen molar-refractivity contribution in [1.82, 2.24) is 19.3 Å². The number of amides is 1. The summed E-state index contributed by atoms with van der Waals surface area (Å²) >= 11 is 0. The number of aromatic nitrogens is 3. The number of nitrogens with one attached hydrogen (secondary N) is 2. The molecule has 11 heteroatoms. The van der Waals surface area contributed by atoms with Gasteiger partial charge in [-0.15, -0.1) is 0 Å². The first-order valence-electron chi connectivity index (χ1n) is 12.2. The summed E-state index contributed by atoms with van der Waals surface area (Å²) in [5.74, 6) is -1.35. The molecule has 1 amide bonds. The molecule has 1 fully saturated rings. The number of carbonyl (C=O) groups excluding carboxylic acids is 1. The van der Waals surface area contributed by atoms with Gasteiger partial charge in [0, 0.05) is 44.0 Å². The van der Waals surface area contributed by atoms with Crippen LogP contribution in [0.1, 0.15) is 0 Å². The van der Waals surface area contributed by atoms with Gasteiger partial charge in [0.15, 0.2) is 11.6 Å². The Balaban J connectivity index is 1.37. The third-order valence-corrected chi connectivity index (χ3v) is 6.44. The third-order valence-electron chi connectivity index (χ3n) is 6.44. The van der Waals surface area contributed by atoms with Crippen LogP contribution in [0.15, 0.2) is 67.6 Å². The van der Waals surface area contributed by atoms with E-state index in [9.17, 15) is 4.79 Å². The maximum Gasteiger partial charge on any atom is 0.247 e. The molecule has 2 aromatic heterocycles. The predicted octanol–water partition coefficient (Wildman–Crippen LogP) is 3.66. The van der Waals surface area contributed by atoms with Gasteiger partial charge in [0.1, 0.15) is 11.6 Å². The summed E-state index contributed by atoms with van der Waals surface area (Å²) in [5, 5.41) is 14.7. The second-order valence-electron chi connectivity index (χ2n) is 8.86. The molecule has 9 nitrogen and oxygen atoms in total. The molecule has 1 aliphatic rings. The normalized spacial score (nSPS) is 14.0. The molecule has 0 radical (unpaired) electrons. The van der Waals surface area contributed by atoms with Crippen molar-refractivity contribution >= 4 is 34.3 Å². The van der Waals surface area contributed by atoms with Gasteiger partial charge in [0.2, 0.25) is 5.91 Å². The lowest BCUT2D eigenvalue weighted by Gasteiger charge is -2.36. The van der Waals surface area contributed by atoms with Crippen LogP contribution in [-0.2, 0) is 4.79 Å². The Labute approximate surface area is 218 Å². The van der Waals surface area contributed by atoms with Gasteiger partial charge in [-0.2, -0.15) is 0 Å². The highest BCUT2D eigenvalue weighted by Gasteiger charge is 2.22. The van der Waals surface area contributed by atoms with Crippen molar-refractivity contribution in [1.29, 1.82) is 0 Å². The lowest BCUT2D eigenvalue weighted by Crippen LogP contribution is -2.47. The van der Waals surface area contributed by atoms with E-state index in [2.05, 4.69) is 32.1 Å². The summed E-state index contributed by atoms with van der Waals surface area (Å²) in [5.41, 5.74) is 2.20. The molecule has 0 spiro atoms. The van der Waals surface area contributed by atoms with Crippen molar-refractivity contribution in [3.05, 3.63) is 79.3 Å². The minimum Gasteiger partial charge on any atom is -0.395 e. The number of fused-ring (bicyclic) bond motifs is 1. The Kier molecular flexibility index (Phi) is 7.29. The molecule has 0 saturated carbocycles. The monoisotopic (exact) mass is 519 g/mol. The van der Waals surface area contributed by atoms with Crippen LogP contribution in [0.2, 0.25) is 0 Å². The van der Waals surface area contributed by atoms with Crippen LogP contribution in [0.3, 0.4) is 0 Å². The smallest absolute Gasteiger partial charge is 0.247 e.